The van der Waals surface area contributed by atoms with Gasteiger partial charge in [0.25, 0.3) is 0 Å². The van der Waals surface area contributed by atoms with Gasteiger partial charge >= 0.3 is 0 Å². The molecule has 0 fully saturated rings. The number of aliphatic hydroxyl groups is 2. The van der Waals surface area contributed by atoms with Crippen molar-refractivity contribution in [1.82, 2.24) is 0 Å². The Morgan fingerprint density at radius 2 is 2.19 bits per heavy atom. The van der Waals surface area contributed by atoms with E-state index in [0.717, 1.165) is 5.56 Å². The second kappa shape index (κ2) is 6.40. The van der Waals surface area contributed by atoms with Gasteiger partial charge in [0.2, 0.25) is 0 Å². The van der Waals surface area contributed by atoms with E-state index >= 15 is 0 Å². The molecular weight excluding hydrogens is 226 g/mol. The molecule has 0 saturated carbocycles. The minimum absolute atomic E-state index is 0.150. The van der Waals surface area contributed by atoms with E-state index in [1.807, 2.05) is 6.07 Å². The van der Waals surface area contributed by atoms with Crippen LogP contribution < -0.4 is 0 Å². The smallest absolute Gasteiger partial charge is 0.105 e. The average Bonchev–Trinajstić information content (AvgIpc) is 2.35. The van der Waals surface area contributed by atoms with Crippen molar-refractivity contribution in [2.24, 2.45) is 5.11 Å². The number of rotatable bonds is 5. The van der Waals surface area contributed by atoms with E-state index < -0.39 is 12.2 Å². The number of thiol groups is 1. The van der Waals surface area contributed by atoms with Gasteiger partial charge in [0.15, 0.2) is 0 Å². The van der Waals surface area contributed by atoms with E-state index in [9.17, 15) is 10.2 Å². The van der Waals surface area contributed by atoms with Gasteiger partial charge in [-0.1, -0.05) is 29.4 Å². The Bertz CT molecular complexity index is 393. The van der Waals surface area contributed by atoms with Crippen molar-refractivity contribution in [2.75, 3.05) is 6.54 Å². The van der Waals surface area contributed by atoms with Crippen LogP contribution in [0.25, 0.3) is 10.4 Å². The van der Waals surface area contributed by atoms with Gasteiger partial charge in [-0.05, 0) is 16.7 Å². The fourth-order valence-corrected chi connectivity index (χ4v) is 1.51. The summed E-state index contributed by atoms with van der Waals surface area (Å²) >= 11 is 4.12. The number of hydrogen-bond donors (Lipinski definition) is 3. The Labute approximate surface area is 98.8 Å². The van der Waals surface area contributed by atoms with E-state index in [0.29, 0.717) is 11.3 Å². The van der Waals surface area contributed by atoms with Crippen LogP contribution in [-0.4, -0.2) is 22.9 Å². The summed E-state index contributed by atoms with van der Waals surface area (Å²) in [6.45, 7) is -0.150. The van der Waals surface area contributed by atoms with Crippen molar-refractivity contribution in [3.8, 4) is 0 Å². The maximum Gasteiger partial charge on any atom is 0.105 e. The number of nitrogens with zero attached hydrogens (tertiary/aromatic N) is 3. The zero-order valence-corrected chi connectivity index (χ0v) is 9.46. The number of benzene rings is 1. The maximum absolute atomic E-state index is 9.78. The summed E-state index contributed by atoms with van der Waals surface area (Å²) in [7, 11) is 0. The van der Waals surface area contributed by atoms with Gasteiger partial charge in [0, 0.05) is 10.7 Å². The van der Waals surface area contributed by atoms with Gasteiger partial charge in [-0.2, -0.15) is 12.6 Å². The van der Waals surface area contributed by atoms with Crippen molar-refractivity contribution >= 4 is 12.6 Å². The SMILES string of the molecule is [N-]=[N+]=NCC(O)C(O)c1cccc(CS)c1. The Kier molecular flexibility index (Phi) is 5.14. The lowest BCUT2D eigenvalue weighted by molar-refractivity contribution is 0.0244. The van der Waals surface area contributed by atoms with Crippen molar-refractivity contribution < 1.29 is 10.2 Å². The first-order valence-electron chi connectivity index (χ1n) is 4.75. The number of azide groups is 1. The molecule has 0 bridgehead atoms. The molecule has 0 heterocycles. The summed E-state index contributed by atoms with van der Waals surface area (Å²) in [5, 5.41) is 22.5. The van der Waals surface area contributed by atoms with E-state index in [4.69, 9.17) is 5.53 Å². The quantitative estimate of drug-likeness (QED) is 0.316. The molecule has 0 aliphatic rings. The predicted octanol–water partition coefficient (Wildman–Crippen LogP) is 1.82. The van der Waals surface area contributed by atoms with Gasteiger partial charge in [0.1, 0.15) is 6.10 Å². The van der Waals surface area contributed by atoms with Crippen molar-refractivity contribution in [2.45, 2.75) is 18.0 Å². The van der Waals surface area contributed by atoms with Crippen molar-refractivity contribution in [3.05, 3.63) is 45.8 Å². The standard InChI is InChI=1S/C10H13N3O2S/c11-13-12-5-9(14)10(15)8-3-1-2-7(4-8)6-16/h1-4,9-10,14-16H,5-6H2. The topological polar surface area (TPSA) is 89.2 Å². The third kappa shape index (κ3) is 3.43. The average molecular weight is 239 g/mol. The normalized spacial score (nSPS) is 13.9. The first-order valence-corrected chi connectivity index (χ1v) is 5.39. The summed E-state index contributed by atoms with van der Waals surface area (Å²) < 4.78 is 0. The Morgan fingerprint density at radius 1 is 1.44 bits per heavy atom. The Balaban J connectivity index is 2.78. The van der Waals surface area contributed by atoms with Crippen LogP contribution in [0.3, 0.4) is 0 Å². The summed E-state index contributed by atoms with van der Waals surface area (Å²) in [5.74, 6) is 0.563. The van der Waals surface area contributed by atoms with E-state index in [-0.39, 0.29) is 6.54 Å². The van der Waals surface area contributed by atoms with Crippen LogP contribution >= 0.6 is 12.6 Å². The minimum atomic E-state index is -1.09. The van der Waals surface area contributed by atoms with Crippen LogP contribution in [0.15, 0.2) is 29.4 Å². The zero-order chi connectivity index (χ0) is 12.0. The molecule has 0 aliphatic carbocycles. The zero-order valence-electron chi connectivity index (χ0n) is 8.56. The van der Waals surface area contributed by atoms with Crippen molar-refractivity contribution in [3.63, 3.8) is 0 Å². The molecule has 0 amide bonds. The number of aliphatic hydroxyl groups excluding tert-OH is 2. The van der Waals surface area contributed by atoms with Gasteiger partial charge in [-0.3, -0.25) is 0 Å². The Hall–Kier alpha value is -1.20. The second-order valence-corrected chi connectivity index (χ2v) is 3.65. The van der Waals surface area contributed by atoms with Gasteiger partial charge in [-0.15, -0.1) is 0 Å². The first kappa shape index (κ1) is 12.9. The molecule has 2 atom stereocenters. The molecule has 1 rings (SSSR count). The monoisotopic (exact) mass is 239 g/mol. The van der Waals surface area contributed by atoms with Crippen LogP contribution in [0.5, 0.6) is 0 Å². The van der Waals surface area contributed by atoms with Gasteiger partial charge < -0.3 is 10.2 Å². The predicted molar refractivity (Wildman–Crippen MR) is 64.1 cm³/mol. The Morgan fingerprint density at radius 3 is 2.81 bits per heavy atom. The molecule has 2 N–H and O–H groups in total. The molecule has 0 radical (unpaired) electrons. The van der Waals surface area contributed by atoms with Crippen LogP contribution in [0.4, 0.5) is 0 Å². The van der Waals surface area contributed by atoms with E-state index in [2.05, 4.69) is 22.7 Å². The van der Waals surface area contributed by atoms with Crippen molar-refractivity contribution in [1.29, 1.82) is 0 Å². The molecule has 1 aromatic carbocycles. The largest absolute Gasteiger partial charge is 0.390 e. The molecule has 86 valence electrons. The maximum atomic E-state index is 9.78. The third-order valence-corrected chi connectivity index (χ3v) is 2.54. The highest BCUT2D eigenvalue weighted by molar-refractivity contribution is 7.79. The van der Waals surface area contributed by atoms with Crippen LogP contribution in [0.2, 0.25) is 0 Å². The van der Waals surface area contributed by atoms with Crippen LogP contribution in [0.1, 0.15) is 17.2 Å². The number of hydrogen-bond acceptors (Lipinski definition) is 4. The van der Waals surface area contributed by atoms with Gasteiger partial charge in [-0.25, -0.2) is 0 Å². The summed E-state index contributed by atoms with van der Waals surface area (Å²) in [4.78, 5) is 2.53. The molecule has 5 nitrogen and oxygen atoms in total. The third-order valence-electron chi connectivity index (χ3n) is 2.17. The molecule has 0 saturated heterocycles. The molecule has 0 aromatic heterocycles. The lowest BCUT2D eigenvalue weighted by Gasteiger charge is -2.16. The molecule has 1 aromatic rings. The fraction of sp³-hybridized carbons (Fsp3) is 0.400. The van der Waals surface area contributed by atoms with Gasteiger partial charge in [0.05, 0.1) is 12.6 Å². The summed E-state index contributed by atoms with van der Waals surface area (Å²) in [5.41, 5.74) is 9.65. The highest BCUT2D eigenvalue weighted by Gasteiger charge is 2.17. The second-order valence-electron chi connectivity index (χ2n) is 3.33. The highest BCUT2D eigenvalue weighted by atomic mass is 32.1. The van der Waals surface area contributed by atoms with Crippen LogP contribution in [0, 0.1) is 0 Å². The molecule has 0 aliphatic heterocycles. The highest BCUT2D eigenvalue weighted by Crippen LogP contribution is 2.19. The fourth-order valence-electron chi connectivity index (χ4n) is 1.32. The molecule has 0 spiro atoms. The van der Waals surface area contributed by atoms with Crippen LogP contribution in [-0.2, 0) is 5.75 Å². The lowest BCUT2D eigenvalue weighted by Crippen LogP contribution is -2.21. The van der Waals surface area contributed by atoms with E-state index in [1.165, 1.54) is 0 Å². The molecule has 6 heteroatoms. The summed E-state index contributed by atoms with van der Waals surface area (Å²) in [6, 6.07) is 7.13. The molecule has 16 heavy (non-hydrogen) atoms. The lowest BCUT2D eigenvalue weighted by atomic mass is 10.0. The molecule has 2 unspecified atom stereocenters. The first-order chi connectivity index (χ1) is 7.69. The summed E-state index contributed by atoms with van der Waals surface area (Å²) in [6.07, 6.45) is -2.14. The minimum Gasteiger partial charge on any atom is -0.390 e. The molecular formula is C10H13N3O2S. The van der Waals surface area contributed by atoms with E-state index in [1.54, 1.807) is 18.2 Å².